The van der Waals surface area contributed by atoms with Gasteiger partial charge in [-0.2, -0.15) is 5.26 Å². The van der Waals surface area contributed by atoms with Crippen LogP contribution in [0.4, 0.5) is 0 Å². The highest BCUT2D eigenvalue weighted by Crippen LogP contribution is 2.32. The van der Waals surface area contributed by atoms with Gasteiger partial charge in [0.25, 0.3) is 0 Å². The van der Waals surface area contributed by atoms with E-state index in [4.69, 9.17) is 16.3 Å². The molecule has 2 aliphatic rings. The third-order valence-corrected chi connectivity index (χ3v) is 5.04. The van der Waals surface area contributed by atoms with Crippen molar-refractivity contribution in [2.75, 3.05) is 0 Å². The Hall–Kier alpha value is -2.09. The largest absolute Gasteiger partial charge is 0.474 e. The van der Waals surface area contributed by atoms with Crippen LogP contribution in [-0.2, 0) is 0 Å². The number of benzene rings is 1. The van der Waals surface area contributed by atoms with Crippen LogP contribution in [0, 0.1) is 11.3 Å². The number of fused-ring (bicyclic) bond motifs is 2. The molecule has 2 bridgehead atoms. The molecule has 0 unspecified atom stereocenters. The number of nitrogens with one attached hydrogen (secondary N) is 1. The number of hydrogen-bond donors (Lipinski definition) is 1. The summed E-state index contributed by atoms with van der Waals surface area (Å²) in [6.45, 7) is 0. The van der Waals surface area contributed by atoms with Crippen molar-refractivity contribution in [2.24, 2.45) is 0 Å². The standard InChI is InChI=1S/C19H18ClN3O/c20-18-7-13(17-4-2-1-3-12(17)11-21)8-19(23-18)24-16-9-14-5-6-15(10-16)22-14/h1-4,7-8,14-16,22H,5-6,9-10H2/t14-,15+,16-. The lowest BCUT2D eigenvalue weighted by atomic mass is 10.0. The molecule has 4 nitrogen and oxygen atoms in total. The third-order valence-electron chi connectivity index (χ3n) is 4.85. The van der Waals surface area contributed by atoms with Crippen LogP contribution >= 0.6 is 11.6 Å². The van der Waals surface area contributed by atoms with E-state index in [1.807, 2.05) is 24.3 Å². The fourth-order valence-electron chi connectivity index (χ4n) is 3.79. The number of rotatable bonds is 3. The van der Waals surface area contributed by atoms with E-state index in [0.717, 1.165) is 24.0 Å². The van der Waals surface area contributed by atoms with Gasteiger partial charge in [-0.05, 0) is 48.9 Å². The van der Waals surface area contributed by atoms with Gasteiger partial charge in [0.2, 0.25) is 5.88 Å². The predicted octanol–water partition coefficient (Wildman–Crippen LogP) is 3.94. The van der Waals surface area contributed by atoms with Gasteiger partial charge >= 0.3 is 0 Å². The molecule has 0 radical (unpaired) electrons. The summed E-state index contributed by atoms with van der Waals surface area (Å²) >= 11 is 6.20. The highest BCUT2D eigenvalue weighted by Gasteiger charge is 2.34. The molecule has 24 heavy (non-hydrogen) atoms. The average molecular weight is 340 g/mol. The van der Waals surface area contributed by atoms with Gasteiger partial charge < -0.3 is 10.1 Å². The first kappa shape index (κ1) is 15.4. The van der Waals surface area contributed by atoms with E-state index in [0.29, 0.717) is 28.7 Å². The van der Waals surface area contributed by atoms with E-state index < -0.39 is 0 Å². The molecule has 1 aromatic heterocycles. The average Bonchev–Trinajstić information content (AvgIpc) is 2.93. The molecule has 0 aliphatic carbocycles. The second kappa shape index (κ2) is 6.43. The normalized spacial score (nSPS) is 25.2. The minimum absolute atomic E-state index is 0.175. The second-order valence-corrected chi connectivity index (χ2v) is 6.91. The summed E-state index contributed by atoms with van der Waals surface area (Å²) in [5.41, 5.74) is 2.32. The quantitative estimate of drug-likeness (QED) is 0.861. The highest BCUT2D eigenvalue weighted by atomic mass is 35.5. The number of halogens is 1. The SMILES string of the molecule is N#Cc1ccccc1-c1cc(Cl)nc(O[C@@H]2C[C@H]3CC[C@@H](C2)N3)c1. The lowest BCUT2D eigenvalue weighted by molar-refractivity contribution is 0.132. The Balaban J connectivity index is 1.61. The maximum atomic E-state index is 9.31. The zero-order valence-electron chi connectivity index (χ0n) is 13.2. The third kappa shape index (κ3) is 3.10. The van der Waals surface area contributed by atoms with Crippen LogP contribution in [0.1, 0.15) is 31.2 Å². The first-order valence-electron chi connectivity index (χ1n) is 8.31. The number of nitriles is 1. The minimum atomic E-state index is 0.175. The smallest absolute Gasteiger partial charge is 0.215 e. The van der Waals surface area contributed by atoms with Crippen molar-refractivity contribution in [3.05, 3.63) is 47.1 Å². The van der Waals surface area contributed by atoms with Gasteiger partial charge in [0.05, 0.1) is 11.6 Å². The van der Waals surface area contributed by atoms with E-state index in [2.05, 4.69) is 16.4 Å². The number of pyridine rings is 1. The van der Waals surface area contributed by atoms with Crippen LogP contribution in [0.15, 0.2) is 36.4 Å². The zero-order valence-corrected chi connectivity index (χ0v) is 14.0. The molecule has 0 amide bonds. The van der Waals surface area contributed by atoms with Gasteiger partial charge in [-0.15, -0.1) is 0 Å². The van der Waals surface area contributed by atoms with Gasteiger partial charge in [0.1, 0.15) is 11.3 Å². The maximum absolute atomic E-state index is 9.31. The summed E-state index contributed by atoms with van der Waals surface area (Å²) < 4.78 is 6.13. The number of hydrogen-bond acceptors (Lipinski definition) is 4. The molecule has 5 heteroatoms. The predicted molar refractivity (Wildman–Crippen MR) is 93.0 cm³/mol. The molecule has 122 valence electrons. The Kier molecular flexibility index (Phi) is 4.13. The minimum Gasteiger partial charge on any atom is -0.474 e. The maximum Gasteiger partial charge on any atom is 0.215 e. The van der Waals surface area contributed by atoms with Crippen molar-refractivity contribution in [1.82, 2.24) is 10.3 Å². The summed E-state index contributed by atoms with van der Waals surface area (Å²) in [4.78, 5) is 4.32. The van der Waals surface area contributed by atoms with Gasteiger partial charge in [0.15, 0.2) is 0 Å². The zero-order chi connectivity index (χ0) is 16.5. The van der Waals surface area contributed by atoms with E-state index in [1.54, 1.807) is 12.1 Å². The number of nitrogens with zero attached hydrogens (tertiary/aromatic N) is 2. The van der Waals surface area contributed by atoms with Gasteiger partial charge in [0, 0.05) is 18.2 Å². The molecule has 2 saturated heterocycles. The van der Waals surface area contributed by atoms with Crippen LogP contribution in [0.3, 0.4) is 0 Å². The van der Waals surface area contributed by atoms with Crippen LogP contribution in [-0.4, -0.2) is 23.2 Å². The van der Waals surface area contributed by atoms with Crippen molar-refractivity contribution >= 4 is 11.6 Å². The molecule has 0 spiro atoms. The molecule has 2 aliphatic heterocycles. The molecule has 1 N–H and O–H groups in total. The Bertz CT molecular complexity index is 789. The molecule has 3 atom stereocenters. The lowest BCUT2D eigenvalue weighted by Crippen LogP contribution is -2.42. The van der Waals surface area contributed by atoms with Crippen LogP contribution < -0.4 is 10.1 Å². The molecule has 3 heterocycles. The molecule has 4 rings (SSSR count). The number of aromatic nitrogens is 1. The highest BCUT2D eigenvalue weighted by molar-refractivity contribution is 6.29. The topological polar surface area (TPSA) is 57.9 Å². The van der Waals surface area contributed by atoms with E-state index in [-0.39, 0.29) is 6.10 Å². The summed E-state index contributed by atoms with van der Waals surface area (Å²) in [6.07, 6.45) is 4.65. The van der Waals surface area contributed by atoms with E-state index in [1.165, 1.54) is 12.8 Å². The van der Waals surface area contributed by atoms with Gasteiger partial charge in [-0.1, -0.05) is 29.8 Å². The van der Waals surface area contributed by atoms with Gasteiger partial charge in [-0.25, -0.2) is 4.98 Å². The summed E-state index contributed by atoms with van der Waals surface area (Å²) in [5, 5.41) is 13.3. The number of ether oxygens (including phenoxy) is 1. The summed E-state index contributed by atoms with van der Waals surface area (Å²) in [6, 6.07) is 14.5. The Labute approximate surface area is 146 Å². The fraction of sp³-hybridized carbons (Fsp3) is 0.368. The Morgan fingerprint density at radius 3 is 2.67 bits per heavy atom. The molecular formula is C19H18ClN3O. The lowest BCUT2D eigenvalue weighted by Gasteiger charge is -2.29. The van der Waals surface area contributed by atoms with Crippen LogP contribution in [0.2, 0.25) is 5.15 Å². The fourth-order valence-corrected chi connectivity index (χ4v) is 3.99. The monoisotopic (exact) mass is 339 g/mol. The van der Waals surface area contributed by atoms with Crippen molar-refractivity contribution in [1.29, 1.82) is 5.26 Å². The molecule has 0 saturated carbocycles. The van der Waals surface area contributed by atoms with Gasteiger partial charge in [-0.3, -0.25) is 0 Å². The van der Waals surface area contributed by atoms with E-state index >= 15 is 0 Å². The first-order chi connectivity index (χ1) is 11.7. The van der Waals surface area contributed by atoms with Crippen molar-refractivity contribution in [2.45, 2.75) is 43.9 Å². The van der Waals surface area contributed by atoms with Crippen LogP contribution in [0.5, 0.6) is 5.88 Å². The number of piperidine rings is 1. The molecule has 2 fully saturated rings. The summed E-state index contributed by atoms with van der Waals surface area (Å²) in [5.74, 6) is 0.538. The Morgan fingerprint density at radius 1 is 1.17 bits per heavy atom. The molecule has 1 aromatic carbocycles. The first-order valence-corrected chi connectivity index (χ1v) is 8.69. The second-order valence-electron chi connectivity index (χ2n) is 6.52. The van der Waals surface area contributed by atoms with Crippen molar-refractivity contribution in [3.63, 3.8) is 0 Å². The Morgan fingerprint density at radius 2 is 1.92 bits per heavy atom. The summed E-state index contributed by atoms with van der Waals surface area (Å²) in [7, 11) is 0. The van der Waals surface area contributed by atoms with Crippen molar-refractivity contribution < 1.29 is 4.74 Å². The molecular weight excluding hydrogens is 322 g/mol. The van der Waals surface area contributed by atoms with Crippen molar-refractivity contribution in [3.8, 4) is 23.1 Å². The van der Waals surface area contributed by atoms with Crippen LogP contribution in [0.25, 0.3) is 11.1 Å². The van der Waals surface area contributed by atoms with E-state index in [9.17, 15) is 5.26 Å². The molecule has 2 aromatic rings.